The number of para-hydroxylation sites is 2. The summed E-state index contributed by atoms with van der Waals surface area (Å²) >= 11 is 1.21. The molecular weight excluding hydrogens is 397 g/mol. The second-order valence-electron chi connectivity index (χ2n) is 6.17. The number of rotatable bonds is 4. The molecule has 2 aromatic carbocycles. The summed E-state index contributed by atoms with van der Waals surface area (Å²) in [5, 5.41) is 4.73. The van der Waals surface area contributed by atoms with E-state index in [0.29, 0.717) is 21.9 Å². The number of thiazole rings is 1. The summed E-state index contributed by atoms with van der Waals surface area (Å²) in [7, 11) is 0. The number of anilines is 2. The lowest BCUT2D eigenvalue weighted by molar-refractivity contribution is -0.124. The van der Waals surface area contributed by atoms with Crippen LogP contribution in [-0.2, 0) is 14.3 Å². The molecule has 0 saturated carbocycles. The molecule has 7 nitrogen and oxygen atoms in total. The van der Waals surface area contributed by atoms with E-state index in [0.717, 1.165) is 0 Å². The summed E-state index contributed by atoms with van der Waals surface area (Å²) in [5.41, 5.74) is 1.79. The zero-order valence-electron chi connectivity index (χ0n) is 14.9. The number of nitrogens with zero attached hydrogens (tertiary/aromatic N) is 2. The summed E-state index contributed by atoms with van der Waals surface area (Å²) in [6.45, 7) is -0.678. The largest absolute Gasteiger partial charge is 0.451 e. The zero-order chi connectivity index (χ0) is 20.4. The van der Waals surface area contributed by atoms with Crippen molar-refractivity contribution in [2.75, 3.05) is 23.4 Å². The number of aromatic nitrogens is 1. The van der Waals surface area contributed by atoms with Crippen LogP contribution in [0.3, 0.4) is 0 Å². The fraction of sp³-hybridized carbons (Fsp3) is 0.100. The fourth-order valence-electron chi connectivity index (χ4n) is 2.83. The molecule has 1 aliphatic rings. The number of carbonyl (C=O) groups excluding carboxylic acids is 3. The van der Waals surface area contributed by atoms with E-state index in [1.165, 1.54) is 33.7 Å². The molecule has 2 amide bonds. The highest BCUT2D eigenvalue weighted by Gasteiger charge is 2.27. The molecule has 9 heteroatoms. The standard InChI is InChI=1S/C20H14FN3O4S/c21-13-7-5-12(6-8-13)19-23-15(11-29-19)20(27)28-10-18(26)24-9-17(25)22-14-3-1-2-4-16(14)24/h1-8,11H,9-10H2,(H,22,25). The summed E-state index contributed by atoms with van der Waals surface area (Å²) in [5.74, 6) is -1.96. The molecule has 4 rings (SSSR count). The molecule has 0 saturated heterocycles. The third-order valence-electron chi connectivity index (χ3n) is 4.20. The van der Waals surface area contributed by atoms with Gasteiger partial charge in [-0.25, -0.2) is 14.2 Å². The first kappa shape index (κ1) is 18.8. The molecule has 0 bridgehead atoms. The van der Waals surface area contributed by atoms with E-state index in [9.17, 15) is 18.8 Å². The number of hydrogen-bond donors (Lipinski definition) is 1. The summed E-state index contributed by atoms with van der Waals surface area (Å²) in [6, 6.07) is 12.6. The van der Waals surface area contributed by atoms with Crippen molar-refractivity contribution in [3.05, 3.63) is 65.4 Å². The van der Waals surface area contributed by atoms with Crippen LogP contribution in [0.5, 0.6) is 0 Å². The van der Waals surface area contributed by atoms with Crippen LogP contribution < -0.4 is 10.2 Å². The van der Waals surface area contributed by atoms with Gasteiger partial charge in [-0.05, 0) is 36.4 Å². The number of esters is 1. The van der Waals surface area contributed by atoms with E-state index in [4.69, 9.17) is 4.74 Å². The van der Waals surface area contributed by atoms with Gasteiger partial charge in [0.15, 0.2) is 12.3 Å². The van der Waals surface area contributed by atoms with Gasteiger partial charge in [0.2, 0.25) is 5.91 Å². The Morgan fingerprint density at radius 2 is 1.93 bits per heavy atom. The number of hydrogen-bond acceptors (Lipinski definition) is 6. The van der Waals surface area contributed by atoms with Gasteiger partial charge in [-0.2, -0.15) is 0 Å². The molecule has 1 aromatic heterocycles. The monoisotopic (exact) mass is 411 g/mol. The van der Waals surface area contributed by atoms with Crippen LogP contribution >= 0.6 is 11.3 Å². The highest BCUT2D eigenvalue weighted by Crippen LogP contribution is 2.29. The van der Waals surface area contributed by atoms with Crippen molar-refractivity contribution in [3.63, 3.8) is 0 Å². The zero-order valence-corrected chi connectivity index (χ0v) is 15.7. The topological polar surface area (TPSA) is 88.6 Å². The number of carbonyl (C=O) groups is 3. The van der Waals surface area contributed by atoms with E-state index in [1.54, 1.807) is 36.4 Å². The Labute approximate surface area is 168 Å². The van der Waals surface area contributed by atoms with Gasteiger partial charge in [-0.3, -0.25) is 14.5 Å². The van der Waals surface area contributed by atoms with Crippen molar-refractivity contribution in [2.24, 2.45) is 0 Å². The Morgan fingerprint density at radius 1 is 1.17 bits per heavy atom. The summed E-state index contributed by atoms with van der Waals surface area (Å²) in [6.07, 6.45) is 0. The number of amides is 2. The second kappa shape index (κ2) is 7.80. The minimum Gasteiger partial charge on any atom is -0.451 e. The Balaban J connectivity index is 1.42. The minimum absolute atomic E-state index is 0.0545. The third kappa shape index (κ3) is 3.99. The molecule has 0 fully saturated rings. The average molecular weight is 411 g/mol. The highest BCUT2D eigenvalue weighted by molar-refractivity contribution is 7.13. The van der Waals surface area contributed by atoms with Crippen molar-refractivity contribution in [1.82, 2.24) is 4.98 Å². The van der Waals surface area contributed by atoms with E-state index < -0.39 is 18.5 Å². The number of ether oxygens (including phenoxy) is 1. The van der Waals surface area contributed by atoms with Crippen molar-refractivity contribution >= 4 is 40.5 Å². The van der Waals surface area contributed by atoms with E-state index in [2.05, 4.69) is 10.3 Å². The maximum absolute atomic E-state index is 13.0. The average Bonchev–Trinajstić information content (AvgIpc) is 3.22. The quantitative estimate of drug-likeness (QED) is 0.667. The molecule has 0 spiro atoms. The van der Waals surface area contributed by atoms with Crippen LogP contribution in [0, 0.1) is 5.82 Å². The highest BCUT2D eigenvalue weighted by atomic mass is 32.1. The summed E-state index contributed by atoms with van der Waals surface area (Å²) < 4.78 is 18.1. The fourth-order valence-corrected chi connectivity index (χ4v) is 3.62. The second-order valence-corrected chi connectivity index (χ2v) is 7.02. The smallest absolute Gasteiger partial charge is 0.358 e. The van der Waals surface area contributed by atoms with E-state index in [1.807, 2.05) is 0 Å². The Kier molecular flexibility index (Phi) is 5.05. The Bertz CT molecular complexity index is 1100. The van der Waals surface area contributed by atoms with Crippen molar-refractivity contribution in [2.45, 2.75) is 0 Å². The molecule has 1 aliphatic heterocycles. The van der Waals surface area contributed by atoms with Crippen LogP contribution in [-0.4, -0.2) is 35.9 Å². The van der Waals surface area contributed by atoms with Gasteiger partial charge < -0.3 is 10.1 Å². The number of nitrogens with one attached hydrogen (secondary N) is 1. The maximum Gasteiger partial charge on any atom is 0.358 e. The molecule has 3 aromatic rings. The normalized spacial score (nSPS) is 12.9. The first-order valence-corrected chi connectivity index (χ1v) is 9.47. The molecule has 146 valence electrons. The van der Waals surface area contributed by atoms with Crippen LogP contribution in [0.15, 0.2) is 53.9 Å². The van der Waals surface area contributed by atoms with Gasteiger partial charge in [0.05, 0.1) is 11.4 Å². The van der Waals surface area contributed by atoms with Gasteiger partial charge >= 0.3 is 5.97 Å². The van der Waals surface area contributed by atoms with E-state index in [-0.39, 0.29) is 24.0 Å². The lowest BCUT2D eigenvalue weighted by atomic mass is 10.2. The van der Waals surface area contributed by atoms with Gasteiger partial charge in [-0.1, -0.05) is 12.1 Å². The predicted octanol–water partition coefficient (Wildman–Crippen LogP) is 3.09. The molecule has 0 radical (unpaired) electrons. The van der Waals surface area contributed by atoms with Crippen LogP contribution in [0.1, 0.15) is 10.5 Å². The maximum atomic E-state index is 13.0. The first-order valence-electron chi connectivity index (χ1n) is 8.59. The van der Waals surface area contributed by atoms with Crippen LogP contribution in [0.2, 0.25) is 0 Å². The Morgan fingerprint density at radius 3 is 2.72 bits per heavy atom. The SMILES string of the molecule is O=C1CN(C(=O)COC(=O)c2csc(-c3ccc(F)cc3)n2)c2ccccc2N1. The van der Waals surface area contributed by atoms with Crippen molar-refractivity contribution in [1.29, 1.82) is 0 Å². The van der Waals surface area contributed by atoms with Gasteiger partial charge in [0.1, 0.15) is 17.4 Å². The number of benzene rings is 2. The van der Waals surface area contributed by atoms with Crippen LogP contribution in [0.4, 0.5) is 15.8 Å². The first-order chi connectivity index (χ1) is 14.0. The number of halogens is 1. The predicted molar refractivity (Wildman–Crippen MR) is 105 cm³/mol. The molecule has 2 heterocycles. The van der Waals surface area contributed by atoms with Gasteiger partial charge in [-0.15, -0.1) is 11.3 Å². The molecule has 1 N–H and O–H groups in total. The summed E-state index contributed by atoms with van der Waals surface area (Å²) in [4.78, 5) is 42.0. The van der Waals surface area contributed by atoms with Gasteiger partial charge in [0.25, 0.3) is 5.91 Å². The molecule has 0 unspecified atom stereocenters. The van der Waals surface area contributed by atoms with Crippen LogP contribution in [0.25, 0.3) is 10.6 Å². The third-order valence-corrected chi connectivity index (χ3v) is 5.09. The van der Waals surface area contributed by atoms with Gasteiger partial charge in [0, 0.05) is 10.9 Å². The van der Waals surface area contributed by atoms with E-state index >= 15 is 0 Å². The lowest BCUT2D eigenvalue weighted by Gasteiger charge is -2.28. The minimum atomic E-state index is -0.752. The van der Waals surface area contributed by atoms with Crippen molar-refractivity contribution in [3.8, 4) is 10.6 Å². The van der Waals surface area contributed by atoms with Crippen molar-refractivity contribution < 1.29 is 23.5 Å². The molecule has 29 heavy (non-hydrogen) atoms. The Hall–Kier alpha value is -3.59. The molecular formula is C20H14FN3O4S. The number of fused-ring (bicyclic) bond motifs is 1. The molecule has 0 atom stereocenters. The lowest BCUT2D eigenvalue weighted by Crippen LogP contribution is -2.44. The molecule has 0 aliphatic carbocycles.